The van der Waals surface area contributed by atoms with Crippen molar-refractivity contribution < 1.29 is 18.0 Å². The molecule has 16 heavy (non-hydrogen) atoms. The number of rotatable bonds is 4. The number of hydrogen-bond acceptors (Lipinski definition) is 4. The monoisotopic (exact) mass is 235 g/mol. The molecule has 1 saturated carbocycles. The summed E-state index contributed by atoms with van der Waals surface area (Å²) in [6.45, 7) is -1.18. The largest absolute Gasteiger partial charge is 0.407 e. The first-order valence-electron chi connectivity index (χ1n) is 5.04. The van der Waals surface area contributed by atoms with Gasteiger partial charge in [-0.3, -0.25) is 9.80 Å². The highest BCUT2D eigenvalue weighted by Crippen LogP contribution is 2.34. The summed E-state index contributed by atoms with van der Waals surface area (Å²) in [4.78, 5) is 11.6. The minimum Gasteiger partial charge on any atom is -0.309 e. The Balaban J connectivity index is 1.93. The molecule has 4 nitrogen and oxygen atoms in total. The standard InChI is InChI=1S/C9H12F3N3O/c10-9(11,12)5-15-7(4-13-14-15)8(16)3-6-1-2-6/h4,6,13-14H,1-3,5H2. The summed E-state index contributed by atoms with van der Waals surface area (Å²) in [5.74, 6) is 0.117. The molecule has 90 valence electrons. The van der Waals surface area contributed by atoms with Crippen LogP contribution in [0.3, 0.4) is 0 Å². The summed E-state index contributed by atoms with van der Waals surface area (Å²) in [5, 5.41) is 0.796. The Hall–Kier alpha value is -1.24. The molecule has 0 unspecified atom stereocenters. The molecule has 0 atom stereocenters. The second-order valence-electron chi connectivity index (χ2n) is 4.06. The molecule has 0 bridgehead atoms. The molecule has 0 aromatic carbocycles. The van der Waals surface area contributed by atoms with Gasteiger partial charge in [0.25, 0.3) is 0 Å². The van der Waals surface area contributed by atoms with Crippen LogP contribution in [0.5, 0.6) is 0 Å². The maximum absolute atomic E-state index is 12.2. The fourth-order valence-electron chi connectivity index (χ4n) is 1.54. The van der Waals surface area contributed by atoms with Gasteiger partial charge < -0.3 is 5.43 Å². The summed E-state index contributed by atoms with van der Waals surface area (Å²) in [6, 6.07) is 0. The van der Waals surface area contributed by atoms with Crippen molar-refractivity contribution in [3.8, 4) is 0 Å². The molecule has 0 saturated heterocycles. The molecule has 1 aliphatic heterocycles. The number of alkyl halides is 3. The fraction of sp³-hybridized carbons (Fsp3) is 0.667. The third-order valence-corrected chi connectivity index (χ3v) is 2.49. The average molecular weight is 235 g/mol. The molecule has 0 radical (unpaired) electrons. The van der Waals surface area contributed by atoms with Crippen LogP contribution in [0, 0.1) is 5.92 Å². The van der Waals surface area contributed by atoms with Gasteiger partial charge >= 0.3 is 6.18 Å². The molecule has 7 heteroatoms. The van der Waals surface area contributed by atoms with Crippen molar-refractivity contribution in [1.29, 1.82) is 0 Å². The van der Waals surface area contributed by atoms with E-state index < -0.39 is 12.7 Å². The zero-order chi connectivity index (χ0) is 11.8. The number of hydrazine groups is 2. The van der Waals surface area contributed by atoms with E-state index >= 15 is 0 Å². The van der Waals surface area contributed by atoms with Gasteiger partial charge in [-0.1, -0.05) is 0 Å². The van der Waals surface area contributed by atoms with Gasteiger partial charge in [0.05, 0.1) is 0 Å². The average Bonchev–Trinajstić information content (AvgIpc) is 2.82. The Kier molecular flexibility index (Phi) is 2.79. The predicted octanol–water partition coefficient (Wildman–Crippen LogP) is 1.08. The van der Waals surface area contributed by atoms with Crippen LogP contribution < -0.4 is 11.0 Å². The van der Waals surface area contributed by atoms with Crippen molar-refractivity contribution in [2.45, 2.75) is 25.4 Å². The van der Waals surface area contributed by atoms with E-state index in [4.69, 9.17) is 0 Å². The number of hydrogen-bond donors (Lipinski definition) is 2. The first kappa shape index (κ1) is 11.3. The first-order valence-corrected chi connectivity index (χ1v) is 5.04. The number of nitrogens with one attached hydrogen (secondary N) is 2. The van der Waals surface area contributed by atoms with Crippen LogP contribution in [0.2, 0.25) is 0 Å². The molecule has 1 aliphatic carbocycles. The summed E-state index contributed by atoms with van der Waals surface area (Å²) >= 11 is 0. The number of carbonyl (C=O) groups is 1. The normalized spacial score (nSPS) is 20.7. The molecule has 2 rings (SSSR count). The van der Waals surface area contributed by atoms with Gasteiger partial charge in [-0.25, -0.2) is 0 Å². The Morgan fingerprint density at radius 1 is 1.50 bits per heavy atom. The maximum Gasteiger partial charge on any atom is 0.407 e. The number of allylic oxidation sites excluding steroid dienone is 1. The Labute approximate surface area is 90.4 Å². The predicted molar refractivity (Wildman–Crippen MR) is 49.5 cm³/mol. The Morgan fingerprint density at radius 2 is 2.19 bits per heavy atom. The van der Waals surface area contributed by atoms with Crippen LogP contribution in [0.4, 0.5) is 13.2 Å². The topological polar surface area (TPSA) is 44.4 Å². The van der Waals surface area contributed by atoms with E-state index in [9.17, 15) is 18.0 Å². The third kappa shape index (κ3) is 2.88. The molecule has 2 aliphatic rings. The molecule has 0 amide bonds. The van der Waals surface area contributed by atoms with Crippen molar-refractivity contribution >= 4 is 5.78 Å². The Morgan fingerprint density at radius 3 is 2.75 bits per heavy atom. The number of halogens is 3. The molecule has 0 spiro atoms. The van der Waals surface area contributed by atoms with Crippen LogP contribution in [-0.4, -0.2) is 23.5 Å². The van der Waals surface area contributed by atoms with E-state index in [1.54, 1.807) is 0 Å². The van der Waals surface area contributed by atoms with Gasteiger partial charge in [0.15, 0.2) is 5.78 Å². The summed E-state index contributed by atoms with van der Waals surface area (Å²) in [5.41, 5.74) is 4.76. The van der Waals surface area contributed by atoms with Crippen molar-refractivity contribution in [3.05, 3.63) is 11.9 Å². The molecule has 1 fully saturated rings. The lowest BCUT2D eigenvalue weighted by molar-refractivity contribution is -0.148. The van der Waals surface area contributed by atoms with Crippen LogP contribution in [0.1, 0.15) is 19.3 Å². The van der Waals surface area contributed by atoms with E-state index in [0.717, 1.165) is 17.9 Å². The highest BCUT2D eigenvalue weighted by atomic mass is 19.4. The number of Topliss-reactive ketones (excluding diaryl/α,β-unsaturated/α-hetero) is 1. The van der Waals surface area contributed by atoms with Crippen LogP contribution in [0.25, 0.3) is 0 Å². The van der Waals surface area contributed by atoms with Crippen molar-refractivity contribution in [2.75, 3.05) is 6.54 Å². The van der Waals surface area contributed by atoms with Crippen molar-refractivity contribution in [1.82, 2.24) is 16.0 Å². The molecular weight excluding hydrogens is 223 g/mol. The quantitative estimate of drug-likeness (QED) is 0.765. The molecule has 0 aromatic heterocycles. The highest BCUT2D eigenvalue weighted by molar-refractivity contribution is 5.95. The lowest BCUT2D eigenvalue weighted by atomic mass is 10.1. The fourth-order valence-corrected chi connectivity index (χ4v) is 1.54. The van der Waals surface area contributed by atoms with Crippen LogP contribution >= 0.6 is 0 Å². The van der Waals surface area contributed by atoms with Crippen LogP contribution in [0.15, 0.2) is 11.9 Å². The smallest absolute Gasteiger partial charge is 0.309 e. The van der Waals surface area contributed by atoms with Gasteiger partial charge in [0.2, 0.25) is 0 Å². The molecular formula is C9H12F3N3O. The minimum atomic E-state index is -4.34. The summed E-state index contributed by atoms with van der Waals surface area (Å²) in [7, 11) is 0. The summed E-state index contributed by atoms with van der Waals surface area (Å²) in [6.07, 6.45) is -0.726. The molecule has 0 aromatic rings. The van der Waals surface area contributed by atoms with Crippen molar-refractivity contribution in [3.63, 3.8) is 0 Å². The van der Waals surface area contributed by atoms with E-state index in [1.807, 2.05) is 0 Å². The van der Waals surface area contributed by atoms with Gasteiger partial charge in [-0.05, 0) is 18.8 Å². The van der Waals surface area contributed by atoms with Crippen LogP contribution in [-0.2, 0) is 4.79 Å². The lowest BCUT2D eigenvalue weighted by Crippen LogP contribution is -2.44. The first-order chi connectivity index (χ1) is 7.46. The Bertz CT molecular complexity index is 322. The van der Waals surface area contributed by atoms with E-state index in [0.29, 0.717) is 12.3 Å². The lowest BCUT2D eigenvalue weighted by Gasteiger charge is -2.21. The number of carbonyl (C=O) groups excluding carboxylic acids is 1. The van der Waals surface area contributed by atoms with E-state index in [2.05, 4.69) is 11.0 Å². The third-order valence-electron chi connectivity index (χ3n) is 2.49. The molecule has 2 N–H and O–H groups in total. The zero-order valence-electron chi connectivity index (χ0n) is 8.47. The van der Waals surface area contributed by atoms with E-state index in [-0.39, 0.29) is 11.5 Å². The highest BCUT2D eigenvalue weighted by Gasteiger charge is 2.36. The maximum atomic E-state index is 12.2. The molecule has 1 heterocycles. The second-order valence-corrected chi connectivity index (χ2v) is 4.06. The minimum absolute atomic E-state index is 0.0595. The summed E-state index contributed by atoms with van der Waals surface area (Å²) < 4.78 is 36.5. The SMILES string of the molecule is O=C(CC1CC1)C1=CNNN1CC(F)(F)F. The van der Waals surface area contributed by atoms with Gasteiger partial charge in [-0.2, -0.15) is 13.2 Å². The van der Waals surface area contributed by atoms with Crippen molar-refractivity contribution in [2.24, 2.45) is 5.92 Å². The van der Waals surface area contributed by atoms with Gasteiger partial charge in [0.1, 0.15) is 12.2 Å². The van der Waals surface area contributed by atoms with Gasteiger partial charge in [0, 0.05) is 12.6 Å². The van der Waals surface area contributed by atoms with Gasteiger partial charge in [-0.15, -0.1) is 5.53 Å². The number of ketones is 1. The number of nitrogens with zero attached hydrogens (tertiary/aromatic N) is 1. The second kappa shape index (κ2) is 3.97. The zero-order valence-corrected chi connectivity index (χ0v) is 8.47. The van der Waals surface area contributed by atoms with E-state index in [1.165, 1.54) is 6.20 Å².